The van der Waals surface area contributed by atoms with Gasteiger partial charge in [0.2, 0.25) is 0 Å². The lowest BCUT2D eigenvalue weighted by molar-refractivity contribution is -0.170. The fraction of sp³-hybridized carbons (Fsp3) is 0.875. The Balaban J connectivity index is 1.51. The number of Topliss-reactive ketones (excluding diaryl/α,β-unsaturated/α-hetero) is 1. The molecule has 4 heteroatoms. The van der Waals surface area contributed by atoms with E-state index in [2.05, 4.69) is 0 Å². The van der Waals surface area contributed by atoms with Gasteiger partial charge in [0.05, 0.1) is 12.2 Å². The zero-order valence-corrected chi connectivity index (χ0v) is 12.2. The number of ketones is 1. The molecule has 4 fully saturated rings. The molecule has 0 aliphatic heterocycles. The van der Waals surface area contributed by atoms with Crippen LogP contribution in [0.1, 0.15) is 51.9 Å². The fourth-order valence-electron chi connectivity index (χ4n) is 4.87. The lowest BCUT2D eigenvalue weighted by Gasteiger charge is -2.56. The summed E-state index contributed by atoms with van der Waals surface area (Å²) in [7, 11) is 0. The molecule has 0 aromatic rings. The summed E-state index contributed by atoms with van der Waals surface area (Å²) in [6, 6.07) is 0. The van der Waals surface area contributed by atoms with Crippen molar-refractivity contribution >= 4 is 11.8 Å². The van der Waals surface area contributed by atoms with Gasteiger partial charge >= 0.3 is 5.97 Å². The molecule has 4 aliphatic rings. The lowest BCUT2D eigenvalue weighted by atomic mass is 9.54. The Labute approximate surface area is 120 Å². The summed E-state index contributed by atoms with van der Waals surface area (Å²) in [4.78, 5) is 23.1. The molecule has 4 bridgehead atoms. The first-order valence-corrected chi connectivity index (χ1v) is 7.90. The highest BCUT2D eigenvalue weighted by molar-refractivity contribution is 5.96. The van der Waals surface area contributed by atoms with Gasteiger partial charge in [0, 0.05) is 0 Å². The summed E-state index contributed by atoms with van der Waals surface area (Å²) < 4.78 is 10.8. The van der Waals surface area contributed by atoms with Crippen LogP contribution in [0, 0.1) is 17.8 Å². The average molecular weight is 280 g/mol. The van der Waals surface area contributed by atoms with Gasteiger partial charge in [0.1, 0.15) is 13.0 Å². The van der Waals surface area contributed by atoms with Gasteiger partial charge in [-0.25, -0.2) is 0 Å². The summed E-state index contributed by atoms with van der Waals surface area (Å²) in [5, 5.41) is 0. The molecular formula is C16H24O4. The minimum atomic E-state index is -0.438. The van der Waals surface area contributed by atoms with Crippen molar-refractivity contribution in [2.75, 3.05) is 13.2 Å². The smallest absolute Gasteiger partial charge is 0.313 e. The first kappa shape index (κ1) is 14.1. The summed E-state index contributed by atoms with van der Waals surface area (Å²) in [6.45, 7) is 2.14. The van der Waals surface area contributed by atoms with Gasteiger partial charge in [-0.05, 0) is 63.2 Å². The molecule has 0 saturated heterocycles. The maximum Gasteiger partial charge on any atom is 0.313 e. The molecule has 112 valence electrons. The molecule has 0 N–H and O–H groups in total. The first-order valence-electron chi connectivity index (χ1n) is 7.90. The number of ether oxygens (including phenoxy) is 2. The summed E-state index contributed by atoms with van der Waals surface area (Å²) in [5.74, 6) is 1.83. The minimum Gasteiger partial charge on any atom is -0.466 e. The maximum atomic E-state index is 11.8. The highest BCUT2D eigenvalue weighted by atomic mass is 16.5. The molecule has 4 aliphatic carbocycles. The highest BCUT2D eigenvalue weighted by Gasteiger charge is 2.51. The standard InChI is InChI=1S/C16H24O4/c1-2-19-15(18)6-14(17)10-20-16-7-11-3-12(8-16)5-13(4-11)9-16/h11-13H,2-10H2,1H3. The van der Waals surface area contributed by atoms with Crippen LogP contribution in [0.25, 0.3) is 0 Å². The van der Waals surface area contributed by atoms with Gasteiger partial charge in [-0.3, -0.25) is 9.59 Å². The van der Waals surface area contributed by atoms with E-state index < -0.39 is 5.97 Å². The molecule has 0 amide bonds. The molecule has 0 radical (unpaired) electrons. The minimum absolute atomic E-state index is 0.0565. The third-order valence-corrected chi connectivity index (χ3v) is 5.17. The first-order chi connectivity index (χ1) is 9.58. The van der Waals surface area contributed by atoms with Crippen LogP contribution in [-0.2, 0) is 19.1 Å². The topological polar surface area (TPSA) is 52.6 Å². The molecule has 4 rings (SSSR count). The Morgan fingerprint density at radius 1 is 1.05 bits per heavy atom. The molecule has 0 atom stereocenters. The van der Waals surface area contributed by atoms with Crippen LogP contribution >= 0.6 is 0 Å². The van der Waals surface area contributed by atoms with Crippen molar-refractivity contribution in [2.24, 2.45) is 17.8 Å². The van der Waals surface area contributed by atoms with Gasteiger partial charge in [-0.2, -0.15) is 0 Å². The van der Waals surface area contributed by atoms with Crippen molar-refractivity contribution in [2.45, 2.75) is 57.5 Å². The molecule has 0 unspecified atom stereocenters. The van der Waals surface area contributed by atoms with Crippen molar-refractivity contribution in [3.05, 3.63) is 0 Å². The van der Waals surface area contributed by atoms with Crippen molar-refractivity contribution in [3.8, 4) is 0 Å². The van der Waals surface area contributed by atoms with E-state index in [9.17, 15) is 9.59 Å². The number of esters is 1. The van der Waals surface area contributed by atoms with Gasteiger partial charge in [-0.15, -0.1) is 0 Å². The molecule has 0 heterocycles. The van der Waals surface area contributed by atoms with E-state index in [0.717, 1.165) is 37.0 Å². The molecular weight excluding hydrogens is 256 g/mol. The average Bonchev–Trinajstić information content (AvgIpc) is 2.35. The van der Waals surface area contributed by atoms with Gasteiger partial charge in [0.25, 0.3) is 0 Å². The third kappa shape index (κ3) is 2.90. The van der Waals surface area contributed by atoms with Crippen molar-refractivity contribution in [1.82, 2.24) is 0 Å². The number of carbonyl (C=O) groups excluding carboxylic acids is 2. The van der Waals surface area contributed by atoms with Crippen LogP contribution < -0.4 is 0 Å². The summed E-state index contributed by atoms with van der Waals surface area (Å²) in [5.41, 5.74) is -0.0565. The van der Waals surface area contributed by atoms with Crippen LogP contribution in [-0.4, -0.2) is 30.6 Å². The lowest BCUT2D eigenvalue weighted by Crippen LogP contribution is -2.52. The van der Waals surface area contributed by atoms with Gasteiger partial charge < -0.3 is 9.47 Å². The van der Waals surface area contributed by atoms with Crippen molar-refractivity contribution in [3.63, 3.8) is 0 Å². The maximum absolute atomic E-state index is 11.8. The molecule has 20 heavy (non-hydrogen) atoms. The Bertz CT molecular complexity index is 366. The second kappa shape index (κ2) is 5.47. The zero-order valence-electron chi connectivity index (χ0n) is 12.2. The van der Waals surface area contributed by atoms with Crippen LogP contribution in [0.4, 0.5) is 0 Å². The predicted octanol–water partition coefficient (Wildman–Crippen LogP) is 2.49. The van der Waals surface area contributed by atoms with Crippen LogP contribution in [0.15, 0.2) is 0 Å². The number of hydrogen-bond acceptors (Lipinski definition) is 4. The number of hydrogen-bond donors (Lipinski definition) is 0. The Kier molecular flexibility index (Phi) is 3.85. The Morgan fingerprint density at radius 3 is 2.10 bits per heavy atom. The van der Waals surface area contributed by atoms with E-state index in [1.165, 1.54) is 19.3 Å². The van der Waals surface area contributed by atoms with E-state index in [1.807, 2.05) is 0 Å². The van der Waals surface area contributed by atoms with Crippen LogP contribution in [0.2, 0.25) is 0 Å². The summed E-state index contributed by atoms with van der Waals surface area (Å²) in [6.07, 6.45) is 7.28. The van der Waals surface area contributed by atoms with Crippen LogP contribution in [0.5, 0.6) is 0 Å². The molecule has 0 aromatic carbocycles. The van der Waals surface area contributed by atoms with Crippen LogP contribution in [0.3, 0.4) is 0 Å². The molecule has 0 aromatic heterocycles. The van der Waals surface area contributed by atoms with Crippen molar-refractivity contribution < 1.29 is 19.1 Å². The zero-order chi connectivity index (χ0) is 14.2. The van der Waals surface area contributed by atoms with E-state index in [0.29, 0.717) is 6.61 Å². The van der Waals surface area contributed by atoms with Crippen molar-refractivity contribution in [1.29, 1.82) is 0 Å². The molecule has 0 spiro atoms. The Morgan fingerprint density at radius 2 is 1.60 bits per heavy atom. The predicted molar refractivity (Wildman–Crippen MR) is 73.1 cm³/mol. The number of rotatable bonds is 6. The van der Waals surface area contributed by atoms with E-state index in [-0.39, 0.29) is 24.4 Å². The molecule has 4 nitrogen and oxygen atoms in total. The monoisotopic (exact) mass is 280 g/mol. The molecule has 4 saturated carbocycles. The van der Waals surface area contributed by atoms with Gasteiger partial charge in [0.15, 0.2) is 5.78 Å². The van der Waals surface area contributed by atoms with E-state index >= 15 is 0 Å². The normalized spacial score (nSPS) is 38.0. The third-order valence-electron chi connectivity index (χ3n) is 5.17. The fourth-order valence-corrected chi connectivity index (χ4v) is 4.87. The summed E-state index contributed by atoms with van der Waals surface area (Å²) >= 11 is 0. The largest absolute Gasteiger partial charge is 0.466 e. The highest BCUT2D eigenvalue weighted by Crippen LogP contribution is 2.57. The van der Waals surface area contributed by atoms with E-state index in [1.54, 1.807) is 6.92 Å². The second-order valence-corrected chi connectivity index (χ2v) is 6.91. The SMILES string of the molecule is CCOC(=O)CC(=O)COC12CC3CC(CC(C3)C1)C2. The quantitative estimate of drug-likeness (QED) is 0.554. The second-order valence-electron chi connectivity index (χ2n) is 6.91. The number of carbonyl (C=O) groups is 2. The Hall–Kier alpha value is -0.900. The van der Waals surface area contributed by atoms with Gasteiger partial charge in [-0.1, -0.05) is 0 Å². The van der Waals surface area contributed by atoms with E-state index in [4.69, 9.17) is 9.47 Å².